The highest BCUT2D eigenvalue weighted by Gasteiger charge is 2.09. The molecule has 7 heteroatoms. The molecule has 114 valence electrons. The van der Waals surface area contributed by atoms with Crippen LogP contribution in [-0.4, -0.2) is 32.2 Å². The molecule has 0 saturated heterocycles. The Bertz CT molecular complexity index is 929. The smallest absolute Gasteiger partial charge is 0.336 e. The normalized spacial score (nSPS) is 11.0. The minimum Gasteiger partial charge on any atom is -0.478 e. The molecule has 6 nitrogen and oxygen atoms in total. The minimum absolute atomic E-state index is 0.174. The molecule has 0 aliphatic carbocycles. The molecule has 23 heavy (non-hydrogen) atoms. The topological polar surface area (TPSA) is 83.3 Å². The maximum atomic E-state index is 11.2. The standard InChI is InChI=1S/C16H12N4O2S/c21-15(22)13-9-5-4-8-12(13)10-17-20-14(18-19-16(20)23)11-6-2-1-3-7-11/h1-10H,(H,19,23)(H,21,22). The van der Waals surface area contributed by atoms with Crippen LogP contribution in [-0.2, 0) is 0 Å². The summed E-state index contributed by atoms with van der Waals surface area (Å²) in [6.07, 6.45) is 1.46. The molecule has 0 spiro atoms. The summed E-state index contributed by atoms with van der Waals surface area (Å²) in [4.78, 5) is 11.2. The van der Waals surface area contributed by atoms with E-state index in [2.05, 4.69) is 15.3 Å². The number of nitrogens with zero attached hydrogens (tertiary/aromatic N) is 3. The van der Waals surface area contributed by atoms with Gasteiger partial charge in [0.05, 0.1) is 11.8 Å². The lowest BCUT2D eigenvalue weighted by Crippen LogP contribution is -2.02. The van der Waals surface area contributed by atoms with Gasteiger partial charge in [0.15, 0.2) is 5.82 Å². The van der Waals surface area contributed by atoms with Crippen LogP contribution in [0.15, 0.2) is 59.7 Å². The van der Waals surface area contributed by atoms with Crippen molar-refractivity contribution in [2.75, 3.05) is 0 Å². The van der Waals surface area contributed by atoms with Crippen LogP contribution in [0, 0.1) is 4.77 Å². The van der Waals surface area contributed by atoms with E-state index in [4.69, 9.17) is 12.2 Å². The highest BCUT2D eigenvalue weighted by Crippen LogP contribution is 2.16. The van der Waals surface area contributed by atoms with Gasteiger partial charge in [0.25, 0.3) is 0 Å². The second-order valence-electron chi connectivity index (χ2n) is 4.67. The van der Waals surface area contributed by atoms with Crippen molar-refractivity contribution in [3.63, 3.8) is 0 Å². The van der Waals surface area contributed by atoms with Crippen molar-refractivity contribution in [1.82, 2.24) is 14.9 Å². The Balaban J connectivity index is 2.04. The molecular formula is C16H12N4O2S. The molecule has 3 rings (SSSR count). The van der Waals surface area contributed by atoms with E-state index in [0.717, 1.165) is 5.56 Å². The summed E-state index contributed by atoms with van der Waals surface area (Å²) in [5.41, 5.74) is 1.51. The molecule has 0 saturated carbocycles. The molecule has 0 bridgehead atoms. The summed E-state index contributed by atoms with van der Waals surface area (Å²) in [6, 6.07) is 16.1. The van der Waals surface area contributed by atoms with Gasteiger partial charge >= 0.3 is 5.97 Å². The second kappa shape index (κ2) is 6.37. The fourth-order valence-electron chi connectivity index (χ4n) is 2.10. The molecule has 2 aromatic carbocycles. The first-order chi connectivity index (χ1) is 11.2. The van der Waals surface area contributed by atoms with Crippen LogP contribution in [0.5, 0.6) is 0 Å². The summed E-state index contributed by atoms with van der Waals surface area (Å²) < 4.78 is 1.79. The number of aromatic amines is 1. The average molecular weight is 324 g/mol. The van der Waals surface area contributed by atoms with E-state index in [1.165, 1.54) is 17.0 Å². The van der Waals surface area contributed by atoms with Gasteiger partial charge in [-0.15, -0.1) is 0 Å². The lowest BCUT2D eigenvalue weighted by molar-refractivity contribution is 0.0697. The van der Waals surface area contributed by atoms with Crippen molar-refractivity contribution < 1.29 is 9.90 Å². The maximum absolute atomic E-state index is 11.2. The molecule has 2 N–H and O–H groups in total. The lowest BCUT2D eigenvalue weighted by atomic mass is 10.1. The van der Waals surface area contributed by atoms with Crippen molar-refractivity contribution in [3.8, 4) is 11.4 Å². The summed E-state index contributed by atoms with van der Waals surface area (Å²) in [7, 11) is 0. The zero-order valence-corrected chi connectivity index (χ0v) is 12.7. The van der Waals surface area contributed by atoms with Crippen LogP contribution in [0.25, 0.3) is 11.4 Å². The molecule has 0 fully saturated rings. The van der Waals surface area contributed by atoms with Crippen LogP contribution in [0.1, 0.15) is 15.9 Å². The summed E-state index contributed by atoms with van der Waals surface area (Å²) >= 11 is 5.19. The van der Waals surface area contributed by atoms with E-state index >= 15 is 0 Å². The predicted molar refractivity (Wildman–Crippen MR) is 89.2 cm³/mol. The largest absolute Gasteiger partial charge is 0.478 e. The quantitative estimate of drug-likeness (QED) is 0.570. The van der Waals surface area contributed by atoms with Crippen molar-refractivity contribution in [1.29, 1.82) is 0 Å². The first-order valence-electron chi connectivity index (χ1n) is 6.76. The number of nitrogens with one attached hydrogen (secondary N) is 1. The van der Waals surface area contributed by atoms with Crippen molar-refractivity contribution in [2.45, 2.75) is 0 Å². The number of H-pyrrole nitrogens is 1. The molecule has 1 aromatic heterocycles. The van der Waals surface area contributed by atoms with Gasteiger partial charge in [0.1, 0.15) is 0 Å². The summed E-state index contributed by atoms with van der Waals surface area (Å²) in [5, 5.41) is 20.4. The Hall–Kier alpha value is -3.06. The number of hydrogen-bond donors (Lipinski definition) is 2. The van der Waals surface area contributed by atoms with Crippen molar-refractivity contribution >= 4 is 24.4 Å². The third-order valence-electron chi connectivity index (χ3n) is 3.19. The molecule has 0 atom stereocenters. The summed E-state index contributed by atoms with van der Waals surface area (Å²) in [5.74, 6) is -0.453. The van der Waals surface area contributed by atoms with E-state index in [-0.39, 0.29) is 5.56 Å². The number of carbonyl (C=O) groups is 1. The molecular weight excluding hydrogens is 312 g/mol. The molecule has 0 unspecified atom stereocenters. The number of carboxylic acid groups (broad SMARTS) is 1. The zero-order chi connectivity index (χ0) is 16.2. The Labute approximate surface area is 136 Å². The predicted octanol–water partition coefficient (Wildman–Crippen LogP) is 3.19. The Morgan fingerprint density at radius 3 is 2.61 bits per heavy atom. The number of aromatic nitrogens is 3. The number of benzene rings is 2. The maximum Gasteiger partial charge on any atom is 0.336 e. The van der Waals surface area contributed by atoms with Gasteiger partial charge in [0.2, 0.25) is 4.77 Å². The van der Waals surface area contributed by atoms with Gasteiger partial charge in [-0.1, -0.05) is 48.5 Å². The van der Waals surface area contributed by atoms with E-state index in [0.29, 0.717) is 16.2 Å². The molecule has 0 aliphatic rings. The van der Waals surface area contributed by atoms with Crippen LogP contribution < -0.4 is 0 Å². The third kappa shape index (κ3) is 3.09. The summed E-state index contributed by atoms with van der Waals surface area (Å²) in [6.45, 7) is 0. The third-order valence-corrected chi connectivity index (χ3v) is 3.45. The highest BCUT2D eigenvalue weighted by atomic mass is 32.1. The van der Waals surface area contributed by atoms with E-state index in [1.807, 2.05) is 30.3 Å². The fourth-order valence-corrected chi connectivity index (χ4v) is 2.28. The van der Waals surface area contributed by atoms with Gasteiger partial charge in [-0.2, -0.15) is 14.9 Å². The highest BCUT2D eigenvalue weighted by molar-refractivity contribution is 7.71. The van der Waals surface area contributed by atoms with Crippen LogP contribution in [0.4, 0.5) is 0 Å². The van der Waals surface area contributed by atoms with Crippen molar-refractivity contribution in [3.05, 3.63) is 70.5 Å². The van der Waals surface area contributed by atoms with Gasteiger partial charge in [-0.3, -0.25) is 0 Å². The monoisotopic (exact) mass is 324 g/mol. The minimum atomic E-state index is -1.01. The first kappa shape index (κ1) is 14.9. The van der Waals surface area contributed by atoms with E-state index in [9.17, 15) is 9.90 Å². The molecule has 3 aromatic rings. The van der Waals surface area contributed by atoms with Crippen LogP contribution in [0.3, 0.4) is 0 Å². The van der Waals surface area contributed by atoms with Crippen molar-refractivity contribution in [2.24, 2.45) is 5.10 Å². The van der Waals surface area contributed by atoms with Gasteiger partial charge in [-0.05, 0) is 18.3 Å². The Kier molecular flexibility index (Phi) is 4.11. The van der Waals surface area contributed by atoms with E-state index in [1.54, 1.807) is 18.2 Å². The number of aromatic carboxylic acids is 1. The van der Waals surface area contributed by atoms with Crippen LogP contribution >= 0.6 is 12.2 Å². The molecule has 0 amide bonds. The van der Waals surface area contributed by atoms with Gasteiger partial charge in [0, 0.05) is 11.1 Å². The second-order valence-corrected chi connectivity index (χ2v) is 5.05. The number of carboxylic acids is 1. The fraction of sp³-hybridized carbons (Fsp3) is 0. The number of hydrogen-bond acceptors (Lipinski definition) is 4. The zero-order valence-electron chi connectivity index (χ0n) is 11.9. The van der Waals surface area contributed by atoms with Gasteiger partial charge in [-0.25, -0.2) is 9.89 Å². The van der Waals surface area contributed by atoms with E-state index < -0.39 is 5.97 Å². The molecule has 0 radical (unpaired) electrons. The Morgan fingerprint density at radius 1 is 1.17 bits per heavy atom. The lowest BCUT2D eigenvalue weighted by Gasteiger charge is -2.02. The van der Waals surface area contributed by atoms with Gasteiger partial charge < -0.3 is 5.11 Å². The first-order valence-corrected chi connectivity index (χ1v) is 7.17. The van der Waals surface area contributed by atoms with Crippen LogP contribution in [0.2, 0.25) is 0 Å². The SMILES string of the molecule is O=C(O)c1ccccc1C=Nn1c(-c2ccccc2)n[nH]c1=S. The Morgan fingerprint density at radius 2 is 1.87 bits per heavy atom. The average Bonchev–Trinajstić information content (AvgIpc) is 2.94. The molecule has 1 heterocycles. The number of rotatable bonds is 4. The molecule has 0 aliphatic heterocycles.